The number of rotatable bonds is 0. The molecule has 3 unspecified atom stereocenters. The Labute approximate surface area is 130 Å². The summed E-state index contributed by atoms with van der Waals surface area (Å²) in [5, 5.41) is 0. The maximum absolute atomic E-state index is 2.61. The monoisotopic (exact) mass is 282 g/mol. The lowest BCUT2D eigenvalue weighted by molar-refractivity contribution is 0.173. The minimum Gasteiger partial charge on any atom is -0.0616 e. The third kappa shape index (κ3) is 1.47. The molecule has 114 valence electrons. The molecular formula is C21H30. The number of benzene rings is 1. The van der Waals surface area contributed by atoms with Crippen molar-refractivity contribution in [3.63, 3.8) is 0 Å². The van der Waals surface area contributed by atoms with Crippen molar-refractivity contribution in [2.24, 2.45) is 17.8 Å². The van der Waals surface area contributed by atoms with Gasteiger partial charge < -0.3 is 0 Å². The molecular weight excluding hydrogens is 252 g/mol. The second-order valence-corrected chi connectivity index (χ2v) is 8.36. The van der Waals surface area contributed by atoms with Crippen molar-refractivity contribution in [3.05, 3.63) is 33.9 Å². The number of hydrogen-bond acceptors (Lipinski definition) is 0. The van der Waals surface area contributed by atoms with Crippen LogP contribution >= 0.6 is 0 Å². The molecule has 1 aromatic carbocycles. The van der Waals surface area contributed by atoms with Gasteiger partial charge in [-0.15, -0.1) is 0 Å². The van der Waals surface area contributed by atoms with Crippen molar-refractivity contribution < 1.29 is 0 Å². The Kier molecular flexibility index (Phi) is 2.88. The summed E-state index contributed by atoms with van der Waals surface area (Å²) >= 11 is 0. The van der Waals surface area contributed by atoms with Gasteiger partial charge in [0.2, 0.25) is 0 Å². The molecule has 0 N–H and O–H groups in total. The predicted octanol–water partition coefficient (Wildman–Crippen LogP) is 5.81. The summed E-state index contributed by atoms with van der Waals surface area (Å²) in [6, 6.07) is 2.61. The largest absolute Gasteiger partial charge is 0.0616 e. The predicted molar refractivity (Wildman–Crippen MR) is 90.0 cm³/mol. The highest BCUT2D eigenvalue weighted by Crippen LogP contribution is 2.67. The minimum atomic E-state index is 0.514. The molecule has 0 amide bonds. The van der Waals surface area contributed by atoms with E-state index in [4.69, 9.17) is 0 Å². The molecule has 0 nitrogen and oxygen atoms in total. The van der Waals surface area contributed by atoms with Gasteiger partial charge in [0.1, 0.15) is 0 Å². The summed E-state index contributed by atoms with van der Waals surface area (Å²) in [4.78, 5) is 0. The van der Waals surface area contributed by atoms with Gasteiger partial charge in [0.05, 0.1) is 0 Å². The maximum atomic E-state index is 2.61. The molecule has 0 bridgehead atoms. The van der Waals surface area contributed by atoms with Gasteiger partial charge in [-0.1, -0.05) is 26.3 Å². The zero-order chi connectivity index (χ0) is 14.9. The first-order valence-electron chi connectivity index (χ1n) is 9.10. The van der Waals surface area contributed by atoms with Gasteiger partial charge in [-0.05, 0) is 97.9 Å². The SMILES string of the molecule is Cc1cc2c(c(C)c1C)C1CCCC1C21[C@H](C)CC[C@@H]1C. The van der Waals surface area contributed by atoms with Gasteiger partial charge in [0.15, 0.2) is 0 Å². The van der Waals surface area contributed by atoms with Crippen molar-refractivity contribution in [1.82, 2.24) is 0 Å². The third-order valence-corrected chi connectivity index (χ3v) is 7.84. The van der Waals surface area contributed by atoms with Crippen molar-refractivity contribution >= 4 is 0 Å². The van der Waals surface area contributed by atoms with E-state index in [1.165, 1.54) is 37.7 Å². The Hall–Kier alpha value is -0.780. The molecule has 3 aliphatic carbocycles. The second kappa shape index (κ2) is 4.37. The molecule has 1 spiro atoms. The zero-order valence-corrected chi connectivity index (χ0v) is 14.4. The molecule has 0 saturated heterocycles. The van der Waals surface area contributed by atoms with Crippen LogP contribution < -0.4 is 0 Å². The van der Waals surface area contributed by atoms with Crippen LogP contribution in [0.5, 0.6) is 0 Å². The van der Waals surface area contributed by atoms with Crippen LogP contribution in [0.25, 0.3) is 0 Å². The Morgan fingerprint density at radius 1 is 0.905 bits per heavy atom. The van der Waals surface area contributed by atoms with Crippen LogP contribution in [0.3, 0.4) is 0 Å². The van der Waals surface area contributed by atoms with Crippen molar-refractivity contribution in [1.29, 1.82) is 0 Å². The third-order valence-electron chi connectivity index (χ3n) is 7.84. The second-order valence-electron chi connectivity index (χ2n) is 8.36. The lowest BCUT2D eigenvalue weighted by Gasteiger charge is -2.41. The topological polar surface area (TPSA) is 0 Å². The Balaban J connectivity index is 2.04. The fraction of sp³-hybridized carbons (Fsp3) is 0.714. The molecule has 21 heavy (non-hydrogen) atoms. The summed E-state index contributed by atoms with van der Waals surface area (Å²) in [7, 11) is 0. The van der Waals surface area contributed by atoms with Crippen LogP contribution in [0.15, 0.2) is 6.07 Å². The summed E-state index contributed by atoms with van der Waals surface area (Å²) in [6.45, 7) is 12.2. The van der Waals surface area contributed by atoms with Crippen LogP contribution in [0.4, 0.5) is 0 Å². The number of fused-ring (bicyclic) bond motifs is 5. The van der Waals surface area contributed by atoms with Crippen LogP contribution in [0, 0.1) is 38.5 Å². The first-order valence-corrected chi connectivity index (χ1v) is 9.10. The Morgan fingerprint density at radius 3 is 2.24 bits per heavy atom. The Morgan fingerprint density at radius 2 is 1.57 bits per heavy atom. The van der Waals surface area contributed by atoms with E-state index in [0.29, 0.717) is 5.41 Å². The first-order chi connectivity index (χ1) is 9.99. The smallest absolute Gasteiger partial charge is 0.00412 e. The zero-order valence-electron chi connectivity index (χ0n) is 14.4. The van der Waals surface area contributed by atoms with E-state index in [0.717, 1.165) is 23.7 Å². The highest BCUT2D eigenvalue weighted by Gasteiger charge is 2.60. The summed E-state index contributed by atoms with van der Waals surface area (Å²) < 4.78 is 0. The van der Waals surface area contributed by atoms with E-state index in [-0.39, 0.29) is 0 Å². The van der Waals surface area contributed by atoms with Gasteiger partial charge in [-0.2, -0.15) is 0 Å². The maximum Gasteiger partial charge on any atom is 0.00412 e. The van der Waals surface area contributed by atoms with Gasteiger partial charge >= 0.3 is 0 Å². The van der Waals surface area contributed by atoms with E-state index >= 15 is 0 Å². The van der Waals surface area contributed by atoms with Crippen LogP contribution in [0.1, 0.15) is 79.7 Å². The van der Waals surface area contributed by atoms with Gasteiger partial charge in [0, 0.05) is 5.41 Å². The van der Waals surface area contributed by atoms with Crippen molar-refractivity contribution in [2.75, 3.05) is 0 Å². The van der Waals surface area contributed by atoms with Crippen molar-refractivity contribution in [2.45, 2.75) is 78.1 Å². The normalized spacial score (nSPS) is 40.8. The quantitative estimate of drug-likeness (QED) is 0.563. The standard InChI is InChI=1S/C21H30/c1-12-11-19-20(16(5)15(12)4)17-7-6-8-18(17)21(19)13(2)9-10-14(21)3/h11,13-14,17-18H,6-10H2,1-5H3/t13-,14+,17?,18?,21?. The van der Waals surface area contributed by atoms with Crippen LogP contribution in [0.2, 0.25) is 0 Å². The van der Waals surface area contributed by atoms with Crippen molar-refractivity contribution in [3.8, 4) is 0 Å². The van der Waals surface area contributed by atoms with E-state index in [1.807, 2.05) is 0 Å². The van der Waals surface area contributed by atoms with E-state index in [1.54, 1.807) is 22.3 Å². The molecule has 1 aromatic rings. The molecule has 0 aliphatic heterocycles. The summed E-state index contributed by atoms with van der Waals surface area (Å²) in [5.41, 5.74) is 8.80. The molecule has 0 heteroatoms. The summed E-state index contributed by atoms with van der Waals surface area (Å²) in [5.74, 6) is 3.57. The average molecular weight is 282 g/mol. The molecule has 0 aromatic heterocycles. The number of aryl methyl sites for hydroxylation is 1. The lowest BCUT2D eigenvalue weighted by Crippen LogP contribution is -2.39. The van der Waals surface area contributed by atoms with Gasteiger partial charge in [-0.25, -0.2) is 0 Å². The first kappa shape index (κ1) is 13.9. The molecule has 0 radical (unpaired) electrons. The van der Waals surface area contributed by atoms with E-state index in [2.05, 4.69) is 40.7 Å². The van der Waals surface area contributed by atoms with Gasteiger partial charge in [0.25, 0.3) is 0 Å². The molecule has 2 fully saturated rings. The molecule has 3 aliphatic rings. The van der Waals surface area contributed by atoms with E-state index < -0.39 is 0 Å². The molecule has 2 saturated carbocycles. The minimum absolute atomic E-state index is 0.514. The molecule has 0 heterocycles. The molecule has 5 atom stereocenters. The summed E-state index contributed by atoms with van der Waals surface area (Å²) in [6.07, 6.45) is 7.27. The fourth-order valence-corrected chi connectivity index (χ4v) is 6.74. The lowest BCUT2D eigenvalue weighted by atomic mass is 9.62. The average Bonchev–Trinajstić information content (AvgIpc) is 3.08. The molecule has 4 rings (SSSR count). The van der Waals surface area contributed by atoms with Gasteiger partial charge in [-0.3, -0.25) is 0 Å². The van der Waals surface area contributed by atoms with Crippen LogP contribution in [-0.4, -0.2) is 0 Å². The Bertz CT molecular complexity index is 585. The highest BCUT2D eigenvalue weighted by molar-refractivity contribution is 5.55. The highest BCUT2D eigenvalue weighted by atomic mass is 14.6. The van der Waals surface area contributed by atoms with E-state index in [9.17, 15) is 0 Å². The van der Waals surface area contributed by atoms with Crippen LogP contribution in [-0.2, 0) is 5.41 Å². The number of hydrogen-bond donors (Lipinski definition) is 0. The fourth-order valence-electron chi connectivity index (χ4n) is 6.74.